The maximum absolute atomic E-state index is 12.1. The standard InChI is InChI=1S/C13H10INO/c14-11-8-10(6-7-12(11)15)13(16)9-4-2-1-3-5-9/h1-8H,15H2. The zero-order valence-electron chi connectivity index (χ0n) is 8.48. The minimum Gasteiger partial charge on any atom is -0.398 e. The van der Waals surface area contributed by atoms with Crippen LogP contribution < -0.4 is 5.73 Å². The minimum absolute atomic E-state index is 0.0264. The third-order valence-corrected chi connectivity index (χ3v) is 3.23. The van der Waals surface area contributed by atoms with Gasteiger partial charge in [0.15, 0.2) is 5.78 Å². The monoisotopic (exact) mass is 323 g/mol. The molecule has 0 aliphatic carbocycles. The Morgan fingerprint density at radius 1 is 1.00 bits per heavy atom. The lowest BCUT2D eigenvalue weighted by molar-refractivity contribution is 0.103. The number of hydrogen-bond donors (Lipinski definition) is 1. The van der Waals surface area contributed by atoms with Crippen LogP contribution >= 0.6 is 22.6 Å². The van der Waals surface area contributed by atoms with Crippen molar-refractivity contribution >= 4 is 34.1 Å². The van der Waals surface area contributed by atoms with E-state index < -0.39 is 0 Å². The largest absolute Gasteiger partial charge is 0.398 e. The van der Waals surface area contributed by atoms with E-state index in [4.69, 9.17) is 5.73 Å². The molecule has 0 saturated carbocycles. The maximum atomic E-state index is 12.1. The first kappa shape index (κ1) is 11.1. The number of carbonyl (C=O) groups excluding carboxylic acids is 1. The average molecular weight is 323 g/mol. The van der Waals surface area contributed by atoms with Crippen molar-refractivity contribution in [1.82, 2.24) is 0 Å². The van der Waals surface area contributed by atoms with Crippen LogP contribution in [0.25, 0.3) is 0 Å². The summed E-state index contributed by atoms with van der Waals surface area (Å²) in [5.74, 6) is 0.0264. The maximum Gasteiger partial charge on any atom is 0.193 e. The summed E-state index contributed by atoms with van der Waals surface area (Å²) in [5, 5.41) is 0. The van der Waals surface area contributed by atoms with Crippen molar-refractivity contribution in [3.05, 3.63) is 63.2 Å². The highest BCUT2D eigenvalue weighted by Gasteiger charge is 2.09. The van der Waals surface area contributed by atoms with Crippen LogP contribution in [0.4, 0.5) is 5.69 Å². The summed E-state index contributed by atoms with van der Waals surface area (Å²) in [6, 6.07) is 14.6. The molecule has 2 aromatic rings. The molecule has 0 heterocycles. The van der Waals surface area contributed by atoms with Crippen LogP contribution in [0.5, 0.6) is 0 Å². The molecule has 0 aromatic heterocycles. The first-order chi connectivity index (χ1) is 7.68. The third-order valence-electron chi connectivity index (χ3n) is 2.30. The number of benzene rings is 2. The van der Waals surface area contributed by atoms with Crippen molar-refractivity contribution in [2.24, 2.45) is 0 Å². The number of hydrogen-bond acceptors (Lipinski definition) is 2. The second kappa shape index (κ2) is 4.65. The van der Waals surface area contributed by atoms with E-state index in [1.54, 1.807) is 12.1 Å². The molecule has 2 aromatic carbocycles. The van der Waals surface area contributed by atoms with Crippen LogP contribution in [0.2, 0.25) is 0 Å². The molecule has 0 spiro atoms. The lowest BCUT2D eigenvalue weighted by Gasteiger charge is -2.03. The fourth-order valence-corrected chi connectivity index (χ4v) is 1.94. The summed E-state index contributed by atoms with van der Waals surface area (Å²) < 4.78 is 0.902. The van der Waals surface area contributed by atoms with Gasteiger partial charge >= 0.3 is 0 Å². The van der Waals surface area contributed by atoms with Crippen molar-refractivity contribution in [3.63, 3.8) is 0 Å². The molecule has 0 saturated heterocycles. The Labute approximate surface area is 108 Å². The zero-order chi connectivity index (χ0) is 11.5. The summed E-state index contributed by atoms with van der Waals surface area (Å²) in [6.45, 7) is 0. The quantitative estimate of drug-likeness (QED) is 0.524. The molecule has 0 unspecified atom stereocenters. The molecule has 0 amide bonds. The highest BCUT2D eigenvalue weighted by atomic mass is 127. The van der Waals surface area contributed by atoms with Gasteiger partial charge in [-0.3, -0.25) is 4.79 Å². The van der Waals surface area contributed by atoms with Crippen molar-refractivity contribution in [2.75, 3.05) is 5.73 Å². The molecule has 0 aliphatic rings. The second-order valence-electron chi connectivity index (χ2n) is 3.43. The number of carbonyl (C=O) groups is 1. The lowest BCUT2D eigenvalue weighted by atomic mass is 10.0. The highest BCUT2D eigenvalue weighted by molar-refractivity contribution is 14.1. The predicted molar refractivity (Wildman–Crippen MR) is 73.4 cm³/mol. The smallest absolute Gasteiger partial charge is 0.193 e. The van der Waals surface area contributed by atoms with Crippen LogP contribution in [0.15, 0.2) is 48.5 Å². The molecule has 0 fully saturated rings. The summed E-state index contributed by atoms with van der Waals surface area (Å²) >= 11 is 2.13. The van der Waals surface area contributed by atoms with Crippen molar-refractivity contribution < 1.29 is 4.79 Å². The topological polar surface area (TPSA) is 43.1 Å². The van der Waals surface area contributed by atoms with Crippen LogP contribution in [0.1, 0.15) is 15.9 Å². The lowest BCUT2D eigenvalue weighted by Crippen LogP contribution is -2.02. The molecule has 0 radical (unpaired) electrons. The van der Waals surface area contributed by atoms with Gasteiger partial charge in [-0.15, -0.1) is 0 Å². The van der Waals surface area contributed by atoms with Crippen molar-refractivity contribution in [1.29, 1.82) is 0 Å². The Balaban J connectivity index is 2.39. The van der Waals surface area contributed by atoms with E-state index in [1.807, 2.05) is 36.4 Å². The highest BCUT2D eigenvalue weighted by Crippen LogP contribution is 2.18. The molecule has 2 N–H and O–H groups in total. The molecular formula is C13H10INO. The normalized spacial score (nSPS) is 10.1. The average Bonchev–Trinajstić information content (AvgIpc) is 2.33. The molecule has 0 aliphatic heterocycles. The Bertz CT molecular complexity index is 523. The summed E-state index contributed by atoms with van der Waals surface area (Å²) in [6.07, 6.45) is 0. The van der Waals surface area contributed by atoms with E-state index in [0.717, 1.165) is 3.57 Å². The Kier molecular flexibility index (Phi) is 3.24. The van der Waals surface area contributed by atoms with Gasteiger partial charge in [-0.1, -0.05) is 30.3 Å². The van der Waals surface area contributed by atoms with Crippen LogP contribution in [0.3, 0.4) is 0 Å². The van der Waals surface area contributed by atoms with Gasteiger partial charge in [-0.25, -0.2) is 0 Å². The van der Waals surface area contributed by atoms with E-state index >= 15 is 0 Å². The van der Waals surface area contributed by atoms with Crippen LogP contribution in [0, 0.1) is 3.57 Å². The molecule has 2 nitrogen and oxygen atoms in total. The molecule has 0 atom stereocenters. The van der Waals surface area contributed by atoms with Gasteiger partial charge in [0.25, 0.3) is 0 Å². The summed E-state index contributed by atoms with van der Waals surface area (Å²) in [4.78, 5) is 12.1. The van der Waals surface area contributed by atoms with Gasteiger partial charge in [-0.05, 0) is 40.8 Å². The zero-order valence-corrected chi connectivity index (χ0v) is 10.6. The van der Waals surface area contributed by atoms with Gasteiger partial charge in [0.2, 0.25) is 0 Å². The molecule has 16 heavy (non-hydrogen) atoms. The predicted octanol–water partition coefficient (Wildman–Crippen LogP) is 3.10. The Morgan fingerprint density at radius 2 is 1.69 bits per heavy atom. The molecule has 3 heteroatoms. The number of anilines is 1. The van der Waals surface area contributed by atoms with E-state index in [2.05, 4.69) is 22.6 Å². The molecular weight excluding hydrogens is 313 g/mol. The number of halogens is 1. The van der Waals surface area contributed by atoms with E-state index in [9.17, 15) is 4.79 Å². The molecule has 2 rings (SSSR count). The van der Waals surface area contributed by atoms with Gasteiger partial charge in [0.1, 0.15) is 0 Å². The number of nitrogens with two attached hydrogens (primary N) is 1. The Hall–Kier alpha value is -1.36. The first-order valence-electron chi connectivity index (χ1n) is 4.83. The SMILES string of the molecule is Nc1ccc(C(=O)c2ccccc2)cc1I. The summed E-state index contributed by atoms with van der Waals surface area (Å²) in [7, 11) is 0. The van der Waals surface area contributed by atoms with Crippen LogP contribution in [-0.4, -0.2) is 5.78 Å². The molecule has 0 bridgehead atoms. The summed E-state index contributed by atoms with van der Waals surface area (Å²) in [5.41, 5.74) is 7.78. The van der Waals surface area contributed by atoms with Gasteiger partial charge in [0, 0.05) is 20.4 Å². The van der Waals surface area contributed by atoms with Crippen molar-refractivity contribution in [2.45, 2.75) is 0 Å². The Morgan fingerprint density at radius 3 is 2.31 bits per heavy atom. The van der Waals surface area contributed by atoms with Gasteiger partial charge in [0.05, 0.1) is 0 Å². The van der Waals surface area contributed by atoms with E-state index in [-0.39, 0.29) is 5.78 Å². The van der Waals surface area contributed by atoms with E-state index in [0.29, 0.717) is 16.8 Å². The van der Waals surface area contributed by atoms with Crippen LogP contribution in [-0.2, 0) is 0 Å². The minimum atomic E-state index is 0.0264. The fourth-order valence-electron chi connectivity index (χ4n) is 1.42. The van der Waals surface area contributed by atoms with Crippen molar-refractivity contribution in [3.8, 4) is 0 Å². The second-order valence-corrected chi connectivity index (χ2v) is 4.59. The number of nitrogen functional groups attached to an aromatic ring is 1. The molecule has 80 valence electrons. The van der Waals surface area contributed by atoms with Gasteiger partial charge < -0.3 is 5.73 Å². The van der Waals surface area contributed by atoms with E-state index in [1.165, 1.54) is 0 Å². The van der Waals surface area contributed by atoms with Gasteiger partial charge in [-0.2, -0.15) is 0 Å². The third kappa shape index (κ3) is 2.24. The number of ketones is 1. The first-order valence-corrected chi connectivity index (χ1v) is 5.91. The number of rotatable bonds is 2. The fraction of sp³-hybridized carbons (Fsp3) is 0.